The van der Waals surface area contributed by atoms with Crippen molar-refractivity contribution in [3.63, 3.8) is 0 Å². The number of hydrogen-bond acceptors (Lipinski definition) is 6. The van der Waals surface area contributed by atoms with E-state index in [0.717, 1.165) is 27.3 Å². The number of amides is 1. The molecule has 0 bridgehead atoms. The molecule has 0 aliphatic rings. The van der Waals surface area contributed by atoms with Crippen LogP contribution in [-0.4, -0.2) is 42.9 Å². The number of fused-ring (bicyclic) bond motifs is 1. The van der Waals surface area contributed by atoms with E-state index in [2.05, 4.69) is 11.9 Å². The maximum absolute atomic E-state index is 12.6. The molecule has 0 aliphatic heterocycles. The zero-order chi connectivity index (χ0) is 21.7. The number of sulfone groups is 1. The molecule has 0 unspecified atom stereocenters. The van der Waals surface area contributed by atoms with Gasteiger partial charge in [-0.25, -0.2) is 8.42 Å². The van der Waals surface area contributed by atoms with Gasteiger partial charge < -0.3 is 4.57 Å². The number of carbonyl (C=O) groups excluding carboxylic acids is 1. The highest BCUT2D eigenvalue weighted by atomic mass is 32.2. The summed E-state index contributed by atoms with van der Waals surface area (Å²) in [5, 5.41) is 0. The number of thiazole rings is 1. The molecule has 3 aromatic rings. The van der Waals surface area contributed by atoms with E-state index in [0.29, 0.717) is 11.3 Å². The molecule has 0 saturated carbocycles. The third kappa shape index (κ3) is 5.78. The standard InChI is InChI=1S/C21H24N2O3S4/c1-4-28-16-7-5-15(6-8-16)13-20(24)22-21-23(11-12-27-2)18-10-9-17(30(3,25)26)14-19(18)29-21/h5-10,14H,4,11-13H2,1-3H3. The zero-order valence-corrected chi connectivity index (χ0v) is 20.4. The Balaban J connectivity index is 1.95. The fourth-order valence-electron chi connectivity index (χ4n) is 2.96. The molecule has 0 spiro atoms. The first kappa shape index (κ1) is 23.1. The number of hydrogen-bond donors (Lipinski definition) is 0. The lowest BCUT2D eigenvalue weighted by Gasteiger charge is -2.05. The van der Waals surface area contributed by atoms with Gasteiger partial charge in [-0.05, 0) is 47.9 Å². The van der Waals surface area contributed by atoms with Crippen molar-refractivity contribution in [3.05, 3.63) is 52.8 Å². The van der Waals surface area contributed by atoms with Crippen LogP contribution in [-0.2, 0) is 27.6 Å². The predicted octanol–water partition coefficient (Wildman–Crippen LogP) is 4.25. The van der Waals surface area contributed by atoms with Gasteiger partial charge in [-0.15, -0.1) is 11.8 Å². The van der Waals surface area contributed by atoms with Crippen LogP contribution in [0.2, 0.25) is 0 Å². The Bertz CT molecular complexity index is 1210. The van der Waals surface area contributed by atoms with E-state index < -0.39 is 9.84 Å². The molecule has 2 aromatic carbocycles. The second-order valence-electron chi connectivity index (χ2n) is 6.69. The van der Waals surface area contributed by atoms with Gasteiger partial charge in [0.1, 0.15) is 0 Å². The monoisotopic (exact) mass is 480 g/mol. The van der Waals surface area contributed by atoms with Gasteiger partial charge in [0.25, 0.3) is 5.91 Å². The third-order valence-corrected chi connectivity index (χ3v) is 8.05. The Kier molecular flexibility index (Phi) is 7.84. The Labute approximate surface area is 189 Å². The Morgan fingerprint density at radius 3 is 2.53 bits per heavy atom. The van der Waals surface area contributed by atoms with E-state index in [9.17, 15) is 13.2 Å². The highest BCUT2D eigenvalue weighted by molar-refractivity contribution is 7.99. The van der Waals surface area contributed by atoms with E-state index in [4.69, 9.17) is 0 Å². The number of carbonyl (C=O) groups is 1. The minimum Gasteiger partial charge on any atom is -0.316 e. The number of aryl methyl sites for hydroxylation is 1. The van der Waals surface area contributed by atoms with Crippen molar-refractivity contribution in [2.24, 2.45) is 4.99 Å². The quantitative estimate of drug-likeness (QED) is 0.451. The molecular weight excluding hydrogens is 457 g/mol. The van der Waals surface area contributed by atoms with E-state index in [1.54, 1.807) is 41.7 Å². The highest BCUT2D eigenvalue weighted by Gasteiger charge is 2.13. The molecule has 1 amide bonds. The van der Waals surface area contributed by atoms with Gasteiger partial charge in [0.15, 0.2) is 14.6 Å². The Morgan fingerprint density at radius 1 is 1.17 bits per heavy atom. The maximum atomic E-state index is 12.6. The third-order valence-electron chi connectivity index (χ3n) is 4.41. The lowest BCUT2D eigenvalue weighted by molar-refractivity contribution is -0.117. The van der Waals surface area contributed by atoms with Crippen molar-refractivity contribution in [2.45, 2.75) is 29.7 Å². The Hall–Kier alpha value is -1.55. The highest BCUT2D eigenvalue weighted by Crippen LogP contribution is 2.22. The first-order chi connectivity index (χ1) is 14.3. The number of thioether (sulfide) groups is 2. The van der Waals surface area contributed by atoms with Crippen molar-refractivity contribution in [3.8, 4) is 0 Å². The van der Waals surface area contributed by atoms with Crippen molar-refractivity contribution in [1.82, 2.24) is 4.57 Å². The number of nitrogens with zero attached hydrogens (tertiary/aromatic N) is 2. The summed E-state index contributed by atoms with van der Waals surface area (Å²) in [6.07, 6.45) is 3.46. The normalized spacial score (nSPS) is 12.6. The predicted molar refractivity (Wildman–Crippen MR) is 128 cm³/mol. The first-order valence-corrected chi connectivity index (χ1v) is 14.5. The fourth-order valence-corrected chi connectivity index (χ4v) is 5.82. The summed E-state index contributed by atoms with van der Waals surface area (Å²) in [6, 6.07) is 13.1. The molecule has 9 heteroatoms. The van der Waals surface area contributed by atoms with E-state index >= 15 is 0 Å². The molecule has 0 atom stereocenters. The van der Waals surface area contributed by atoms with Crippen LogP contribution in [0.4, 0.5) is 0 Å². The summed E-state index contributed by atoms with van der Waals surface area (Å²) in [5.74, 6) is 1.67. The second kappa shape index (κ2) is 10.2. The molecular formula is C21H24N2O3S4. The van der Waals surface area contributed by atoms with Gasteiger partial charge in [0.05, 0.1) is 21.5 Å². The molecule has 3 rings (SSSR count). The van der Waals surface area contributed by atoms with Crippen LogP contribution in [0.5, 0.6) is 0 Å². The zero-order valence-electron chi connectivity index (χ0n) is 17.1. The lowest BCUT2D eigenvalue weighted by Crippen LogP contribution is -2.18. The van der Waals surface area contributed by atoms with Crippen LogP contribution in [0.3, 0.4) is 0 Å². The number of benzene rings is 2. The van der Waals surface area contributed by atoms with Crippen molar-refractivity contribution in [2.75, 3.05) is 24.0 Å². The molecule has 30 heavy (non-hydrogen) atoms. The van der Waals surface area contributed by atoms with Crippen LogP contribution in [0.25, 0.3) is 10.2 Å². The van der Waals surface area contributed by atoms with Gasteiger partial charge in [-0.3, -0.25) is 4.79 Å². The van der Waals surface area contributed by atoms with Gasteiger partial charge >= 0.3 is 0 Å². The summed E-state index contributed by atoms with van der Waals surface area (Å²) < 4.78 is 26.6. The largest absolute Gasteiger partial charge is 0.316 e. The van der Waals surface area contributed by atoms with Crippen LogP contribution in [0, 0.1) is 0 Å². The molecule has 0 radical (unpaired) electrons. The SMILES string of the molecule is CCSc1ccc(CC(=O)N=c2sc3cc(S(C)(=O)=O)ccc3n2CCSC)cc1. The summed E-state index contributed by atoms with van der Waals surface area (Å²) in [6.45, 7) is 2.81. The van der Waals surface area contributed by atoms with Crippen molar-refractivity contribution < 1.29 is 13.2 Å². The maximum Gasteiger partial charge on any atom is 0.252 e. The average Bonchev–Trinajstić information content (AvgIpc) is 3.03. The second-order valence-corrected chi connectivity index (χ2v) is 12.0. The van der Waals surface area contributed by atoms with E-state index in [-0.39, 0.29) is 17.2 Å². The average molecular weight is 481 g/mol. The summed E-state index contributed by atoms with van der Waals surface area (Å²) in [5.41, 5.74) is 1.83. The van der Waals surface area contributed by atoms with Crippen molar-refractivity contribution >= 4 is 60.8 Å². The van der Waals surface area contributed by atoms with Gasteiger partial charge in [-0.1, -0.05) is 30.4 Å². The first-order valence-electron chi connectivity index (χ1n) is 9.43. The molecule has 1 aromatic heterocycles. The molecule has 0 N–H and O–H groups in total. The van der Waals surface area contributed by atoms with E-state index in [1.807, 2.05) is 35.1 Å². The smallest absolute Gasteiger partial charge is 0.252 e. The van der Waals surface area contributed by atoms with Crippen LogP contribution in [0.15, 0.2) is 57.2 Å². The Morgan fingerprint density at radius 2 is 1.90 bits per heavy atom. The number of aromatic nitrogens is 1. The van der Waals surface area contributed by atoms with Gasteiger partial charge in [0, 0.05) is 23.4 Å². The molecule has 5 nitrogen and oxygen atoms in total. The lowest BCUT2D eigenvalue weighted by atomic mass is 10.1. The molecule has 0 fully saturated rings. The summed E-state index contributed by atoms with van der Waals surface area (Å²) >= 11 is 4.83. The van der Waals surface area contributed by atoms with Crippen LogP contribution >= 0.6 is 34.9 Å². The van der Waals surface area contributed by atoms with Gasteiger partial charge in [-0.2, -0.15) is 16.8 Å². The fraction of sp³-hybridized carbons (Fsp3) is 0.333. The molecule has 1 heterocycles. The topological polar surface area (TPSA) is 68.5 Å². The minimum absolute atomic E-state index is 0.210. The van der Waals surface area contributed by atoms with Crippen LogP contribution < -0.4 is 4.80 Å². The van der Waals surface area contributed by atoms with Gasteiger partial charge in [0.2, 0.25) is 0 Å². The van der Waals surface area contributed by atoms with Crippen molar-refractivity contribution in [1.29, 1.82) is 0 Å². The summed E-state index contributed by atoms with van der Waals surface area (Å²) in [7, 11) is -3.29. The summed E-state index contributed by atoms with van der Waals surface area (Å²) in [4.78, 5) is 19.1. The minimum atomic E-state index is -3.29. The molecule has 0 aliphatic carbocycles. The number of rotatable bonds is 8. The van der Waals surface area contributed by atoms with Crippen LogP contribution in [0.1, 0.15) is 12.5 Å². The van der Waals surface area contributed by atoms with E-state index in [1.165, 1.54) is 22.5 Å². The molecule has 160 valence electrons. The molecule has 0 saturated heterocycles.